The standard InChI is InChI=1S/C19H24N4O5S/c1-2-5-20-17(25)9-23-14(10-24)8-22-19(23)29-11-18(26)21-7-13-3-4-15-16(6-13)28-12-27-15/h3-4,6,8,24H,2,5,7,9-12H2,1H3,(H,20,25)(H,21,26). The molecule has 1 aromatic carbocycles. The summed E-state index contributed by atoms with van der Waals surface area (Å²) in [4.78, 5) is 28.5. The minimum Gasteiger partial charge on any atom is -0.454 e. The second kappa shape index (κ2) is 10.2. The number of imidazole rings is 1. The van der Waals surface area contributed by atoms with Crippen LogP contribution in [-0.4, -0.2) is 45.6 Å². The summed E-state index contributed by atoms with van der Waals surface area (Å²) in [5.41, 5.74) is 1.43. The summed E-state index contributed by atoms with van der Waals surface area (Å²) in [6, 6.07) is 5.52. The number of aliphatic hydroxyl groups excluding tert-OH is 1. The lowest BCUT2D eigenvalue weighted by Gasteiger charge is -2.11. The molecule has 0 saturated heterocycles. The molecule has 0 saturated carbocycles. The van der Waals surface area contributed by atoms with Crippen LogP contribution >= 0.6 is 11.8 Å². The average molecular weight is 420 g/mol. The van der Waals surface area contributed by atoms with E-state index in [4.69, 9.17) is 9.47 Å². The highest BCUT2D eigenvalue weighted by atomic mass is 32.2. The van der Waals surface area contributed by atoms with Crippen LogP contribution in [0.5, 0.6) is 11.5 Å². The number of ether oxygens (including phenoxy) is 2. The molecule has 0 unspecified atom stereocenters. The lowest BCUT2D eigenvalue weighted by molar-refractivity contribution is -0.122. The Balaban J connectivity index is 1.51. The maximum atomic E-state index is 12.2. The molecule has 0 bridgehead atoms. The molecule has 1 aliphatic rings. The fourth-order valence-electron chi connectivity index (χ4n) is 2.70. The molecule has 3 rings (SSSR count). The molecule has 0 spiro atoms. The number of thioether (sulfide) groups is 1. The van der Waals surface area contributed by atoms with Crippen molar-refractivity contribution in [3.8, 4) is 11.5 Å². The Bertz CT molecular complexity index is 870. The molecule has 10 heteroatoms. The van der Waals surface area contributed by atoms with Crippen molar-refractivity contribution in [2.75, 3.05) is 19.1 Å². The van der Waals surface area contributed by atoms with Crippen LogP contribution in [0.1, 0.15) is 24.6 Å². The van der Waals surface area contributed by atoms with E-state index >= 15 is 0 Å². The van der Waals surface area contributed by atoms with Gasteiger partial charge in [0.05, 0.1) is 24.3 Å². The maximum Gasteiger partial charge on any atom is 0.240 e. The molecule has 9 nitrogen and oxygen atoms in total. The number of hydrogen-bond acceptors (Lipinski definition) is 7. The summed E-state index contributed by atoms with van der Waals surface area (Å²) in [6.45, 7) is 2.96. The zero-order chi connectivity index (χ0) is 20.6. The molecule has 3 N–H and O–H groups in total. The number of amides is 2. The Morgan fingerprint density at radius 2 is 2.07 bits per heavy atom. The Morgan fingerprint density at radius 3 is 2.86 bits per heavy atom. The predicted octanol–water partition coefficient (Wildman–Crippen LogP) is 1.04. The van der Waals surface area contributed by atoms with Gasteiger partial charge in [-0.25, -0.2) is 4.98 Å². The van der Waals surface area contributed by atoms with Crippen molar-refractivity contribution in [1.82, 2.24) is 20.2 Å². The van der Waals surface area contributed by atoms with Crippen molar-refractivity contribution in [2.24, 2.45) is 0 Å². The van der Waals surface area contributed by atoms with E-state index in [1.165, 1.54) is 18.0 Å². The Kier molecular flexibility index (Phi) is 7.36. The molecule has 0 fully saturated rings. The summed E-state index contributed by atoms with van der Waals surface area (Å²) in [5, 5.41) is 15.6. The van der Waals surface area contributed by atoms with Crippen molar-refractivity contribution in [3.63, 3.8) is 0 Å². The first-order valence-electron chi connectivity index (χ1n) is 9.30. The van der Waals surface area contributed by atoms with Crippen molar-refractivity contribution in [2.45, 2.75) is 38.2 Å². The first kappa shape index (κ1) is 21.0. The van der Waals surface area contributed by atoms with Gasteiger partial charge < -0.3 is 29.8 Å². The van der Waals surface area contributed by atoms with Crippen LogP contribution in [0.3, 0.4) is 0 Å². The first-order valence-corrected chi connectivity index (χ1v) is 10.3. The van der Waals surface area contributed by atoms with Crippen LogP contribution < -0.4 is 20.1 Å². The van der Waals surface area contributed by atoms with Gasteiger partial charge in [0.2, 0.25) is 18.6 Å². The summed E-state index contributed by atoms with van der Waals surface area (Å²) in [5.74, 6) is 1.19. The molecule has 1 aromatic heterocycles. The van der Waals surface area contributed by atoms with Gasteiger partial charge in [-0.15, -0.1) is 0 Å². The quantitative estimate of drug-likeness (QED) is 0.492. The highest BCUT2D eigenvalue weighted by Gasteiger charge is 2.16. The second-order valence-electron chi connectivity index (χ2n) is 6.38. The van der Waals surface area contributed by atoms with E-state index in [1.807, 2.05) is 25.1 Å². The number of carbonyl (C=O) groups excluding carboxylic acids is 2. The van der Waals surface area contributed by atoms with E-state index in [-0.39, 0.29) is 37.5 Å². The maximum absolute atomic E-state index is 12.2. The van der Waals surface area contributed by atoms with Gasteiger partial charge in [0, 0.05) is 13.1 Å². The summed E-state index contributed by atoms with van der Waals surface area (Å²) in [6.07, 6.45) is 2.35. The largest absolute Gasteiger partial charge is 0.454 e. The zero-order valence-corrected chi connectivity index (χ0v) is 17.0. The van der Waals surface area contributed by atoms with E-state index in [2.05, 4.69) is 15.6 Å². The SMILES string of the molecule is CCCNC(=O)Cn1c(CO)cnc1SCC(=O)NCc1ccc2c(c1)OCO2. The number of rotatable bonds is 10. The number of nitrogens with one attached hydrogen (secondary N) is 2. The van der Waals surface area contributed by atoms with Crippen molar-refractivity contribution in [1.29, 1.82) is 0 Å². The van der Waals surface area contributed by atoms with Crippen LogP contribution in [0, 0.1) is 0 Å². The number of carbonyl (C=O) groups is 2. The van der Waals surface area contributed by atoms with Crippen LogP contribution in [0.4, 0.5) is 0 Å². The third kappa shape index (κ3) is 5.64. The van der Waals surface area contributed by atoms with Gasteiger partial charge in [0.15, 0.2) is 16.7 Å². The summed E-state index contributed by atoms with van der Waals surface area (Å²) < 4.78 is 12.2. The predicted molar refractivity (Wildman–Crippen MR) is 107 cm³/mol. The van der Waals surface area contributed by atoms with E-state index in [0.717, 1.165) is 12.0 Å². The molecule has 1 aliphatic heterocycles. The van der Waals surface area contributed by atoms with E-state index in [0.29, 0.717) is 35.4 Å². The average Bonchev–Trinajstić information content (AvgIpc) is 3.35. The highest BCUT2D eigenvalue weighted by molar-refractivity contribution is 7.99. The normalized spacial score (nSPS) is 12.1. The van der Waals surface area contributed by atoms with Gasteiger partial charge in [-0.2, -0.15) is 0 Å². The minimum atomic E-state index is -0.231. The molecule has 2 aromatic rings. The molecular formula is C19H24N4O5S. The topological polar surface area (TPSA) is 115 Å². The van der Waals surface area contributed by atoms with Crippen LogP contribution in [0.2, 0.25) is 0 Å². The molecule has 2 heterocycles. The van der Waals surface area contributed by atoms with Crippen molar-refractivity contribution < 1.29 is 24.2 Å². The fraction of sp³-hybridized carbons (Fsp3) is 0.421. The molecule has 29 heavy (non-hydrogen) atoms. The lowest BCUT2D eigenvalue weighted by Crippen LogP contribution is -2.29. The number of aromatic nitrogens is 2. The second-order valence-corrected chi connectivity index (χ2v) is 7.32. The van der Waals surface area contributed by atoms with Gasteiger partial charge in [-0.3, -0.25) is 9.59 Å². The van der Waals surface area contributed by atoms with E-state index in [9.17, 15) is 14.7 Å². The molecule has 0 radical (unpaired) electrons. The van der Waals surface area contributed by atoms with Gasteiger partial charge in [-0.1, -0.05) is 24.8 Å². The van der Waals surface area contributed by atoms with Crippen LogP contribution in [0.25, 0.3) is 0 Å². The minimum absolute atomic E-state index is 0.0526. The monoisotopic (exact) mass is 420 g/mol. The van der Waals surface area contributed by atoms with Crippen molar-refractivity contribution >= 4 is 23.6 Å². The molecule has 0 aliphatic carbocycles. The smallest absolute Gasteiger partial charge is 0.240 e. The Morgan fingerprint density at radius 1 is 1.24 bits per heavy atom. The van der Waals surface area contributed by atoms with Gasteiger partial charge in [-0.05, 0) is 24.1 Å². The Hall–Kier alpha value is -2.72. The zero-order valence-electron chi connectivity index (χ0n) is 16.1. The van der Waals surface area contributed by atoms with Gasteiger partial charge >= 0.3 is 0 Å². The van der Waals surface area contributed by atoms with Crippen LogP contribution in [-0.2, 0) is 29.3 Å². The fourth-order valence-corrected chi connectivity index (χ4v) is 3.53. The molecular weight excluding hydrogens is 396 g/mol. The summed E-state index contributed by atoms with van der Waals surface area (Å²) in [7, 11) is 0. The number of aliphatic hydroxyl groups is 1. The van der Waals surface area contributed by atoms with Gasteiger partial charge in [0.1, 0.15) is 6.54 Å². The number of fused-ring (bicyclic) bond motifs is 1. The molecule has 2 amide bonds. The highest BCUT2D eigenvalue weighted by Crippen LogP contribution is 2.32. The van der Waals surface area contributed by atoms with Gasteiger partial charge in [0.25, 0.3) is 0 Å². The Labute approximate surface area is 172 Å². The molecule has 156 valence electrons. The van der Waals surface area contributed by atoms with E-state index in [1.54, 1.807) is 4.57 Å². The number of nitrogens with zero attached hydrogens (tertiary/aromatic N) is 2. The third-order valence-electron chi connectivity index (χ3n) is 4.20. The third-order valence-corrected chi connectivity index (χ3v) is 5.19. The van der Waals surface area contributed by atoms with E-state index < -0.39 is 0 Å². The molecule has 0 atom stereocenters. The number of hydrogen-bond donors (Lipinski definition) is 3. The summed E-state index contributed by atoms with van der Waals surface area (Å²) >= 11 is 1.22. The van der Waals surface area contributed by atoms with Crippen molar-refractivity contribution in [3.05, 3.63) is 35.7 Å². The van der Waals surface area contributed by atoms with Crippen LogP contribution in [0.15, 0.2) is 29.6 Å². The first-order chi connectivity index (χ1) is 14.1. The number of benzene rings is 1. The lowest BCUT2D eigenvalue weighted by atomic mass is 10.2.